The van der Waals surface area contributed by atoms with Gasteiger partial charge >= 0.3 is 5.97 Å². The summed E-state index contributed by atoms with van der Waals surface area (Å²) in [4.78, 5) is 11.8. The van der Waals surface area contributed by atoms with Crippen LogP contribution in [-0.4, -0.2) is 78.6 Å². The average molecular weight is 631 g/mol. The van der Waals surface area contributed by atoms with E-state index in [4.69, 9.17) is 28.4 Å². The molecule has 0 fully saturated rings. The van der Waals surface area contributed by atoms with E-state index in [1.165, 1.54) is 122 Å². The molecule has 0 aromatic carbocycles. The topological polar surface area (TPSA) is 72.5 Å². The third-order valence-corrected chi connectivity index (χ3v) is 7.86. The van der Waals surface area contributed by atoms with Gasteiger partial charge in [-0.1, -0.05) is 142 Å². The maximum atomic E-state index is 11.8. The minimum atomic E-state index is -0.119. The predicted octanol–water partition coefficient (Wildman–Crippen LogP) is 9.62. The largest absolute Gasteiger partial charge is 0.463 e. The Kier molecular flexibility index (Phi) is 39.6. The van der Waals surface area contributed by atoms with E-state index in [1.807, 2.05) is 0 Å². The normalized spacial score (nSPS) is 11.4. The molecular weight excluding hydrogens is 556 g/mol. The molecule has 0 spiro atoms. The van der Waals surface area contributed by atoms with Gasteiger partial charge in [-0.25, -0.2) is 0 Å². The third-order valence-electron chi connectivity index (χ3n) is 7.86. The smallest absolute Gasteiger partial charge is 0.305 e. The first-order valence-electron chi connectivity index (χ1n) is 18.9. The van der Waals surface area contributed by atoms with Crippen LogP contribution in [0.4, 0.5) is 0 Å². The van der Waals surface area contributed by atoms with Crippen LogP contribution in [0.25, 0.3) is 0 Å². The van der Waals surface area contributed by atoms with Crippen molar-refractivity contribution in [2.75, 3.05) is 72.7 Å². The summed E-state index contributed by atoms with van der Waals surface area (Å²) in [5.41, 5.74) is 0. The highest BCUT2D eigenvalue weighted by atomic mass is 16.6. The molecule has 0 aliphatic heterocycles. The Balaban J connectivity index is 3.11. The number of hydrogen-bond acceptors (Lipinski definition) is 7. The predicted molar refractivity (Wildman–Crippen MR) is 183 cm³/mol. The molecule has 44 heavy (non-hydrogen) atoms. The highest BCUT2D eigenvalue weighted by Crippen LogP contribution is 2.13. The lowest BCUT2D eigenvalue weighted by atomic mass is 10.0. The van der Waals surface area contributed by atoms with Gasteiger partial charge in [-0.15, -0.1) is 0 Å². The molecule has 0 heterocycles. The minimum Gasteiger partial charge on any atom is -0.463 e. The second-order valence-corrected chi connectivity index (χ2v) is 12.1. The molecule has 0 saturated carbocycles. The summed E-state index contributed by atoms with van der Waals surface area (Å²) in [5, 5.41) is 0. The van der Waals surface area contributed by atoms with Gasteiger partial charge in [0.1, 0.15) is 6.61 Å². The fourth-order valence-electron chi connectivity index (χ4n) is 5.07. The monoisotopic (exact) mass is 631 g/mol. The van der Waals surface area contributed by atoms with E-state index >= 15 is 0 Å². The molecule has 0 atom stereocenters. The maximum Gasteiger partial charge on any atom is 0.305 e. The van der Waals surface area contributed by atoms with Crippen molar-refractivity contribution in [2.45, 2.75) is 162 Å². The van der Waals surface area contributed by atoms with Crippen molar-refractivity contribution in [1.82, 2.24) is 0 Å². The summed E-state index contributed by atoms with van der Waals surface area (Å²) in [6.07, 6.45) is 29.5. The highest BCUT2D eigenvalue weighted by Gasteiger charge is 2.03. The first-order chi connectivity index (χ1) is 21.8. The van der Waals surface area contributed by atoms with E-state index in [2.05, 4.69) is 13.8 Å². The summed E-state index contributed by atoms with van der Waals surface area (Å²) in [5.74, 6) is -0.119. The van der Waals surface area contributed by atoms with Crippen LogP contribution in [0.1, 0.15) is 162 Å². The molecule has 7 nitrogen and oxygen atoms in total. The second-order valence-electron chi connectivity index (χ2n) is 12.1. The van der Waals surface area contributed by atoms with Gasteiger partial charge in [0, 0.05) is 13.0 Å². The molecule has 0 aliphatic rings. The van der Waals surface area contributed by atoms with Crippen molar-refractivity contribution < 1.29 is 33.2 Å². The second kappa shape index (κ2) is 40.3. The zero-order valence-corrected chi connectivity index (χ0v) is 29.4. The first-order valence-corrected chi connectivity index (χ1v) is 18.9. The molecule has 0 N–H and O–H groups in total. The fourth-order valence-corrected chi connectivity index (χ4v) is 5.07. The van der Waals surface area contributed by atoms with E-state index in [0.29, 0.717) is 72.5 Å². The standard InChI is InChI=1S/C37H74O7/c1-3-5-7-9-11-13-14-15-16-18-20-22-24-26-39-27-28-40-29-30-41-31-32-42-33-34-43-35-36-44-37(38)25-23-21-19-17-12-10-8-6-4-2/h3-36H2,1-2H3. The van der Waals surface area contributed by atoms with Crippen molar-refractivity contribution in [3.8, 4) is 0 Å². The van der Waals surface area contributed by atoms with Crippen LogP contribution in [0.15, 0.2) is 0 Å². The third kappa shape index (κ3) is 39.3. The van der Waals surface area contributed by atoms with E-state index < -0.39 is 0 Å². The van der Waals surface area contributed by atoms with E-state index in [9.17, 15) is 4.79 Å². The molecule has 0 aromatic rings. The Labute approximate surface area is 273 Å². The summed E-state index contributed by atoms with van der Waals surface area (Å²) in [7, 11) is 0. The maximum absolute atomic E-state index is 11.8. The van der Waals surface area contributed by atoms with Gasteiger partial charge in [-0.2, -0.15) is 0 Å². The van der Waals surface area contributed by atoms with Gasteiger partial charge in [0.2, 0.25) is 0 Å². The van der Waals surface area contributed by atoms with Crippen molar-refractivity contribution in [3.05, 3.63) is 0 Å². The lowest BCUT2D eigenvalue weighted by molar-refractivity contribution is -0.145. The van der Waals surface area contributed by atoms with Gasteiger partial charge < -0.3 is 28.4 Å². The Hall–Kier alpha value is -0.730. The van der Waals surface area contributed by atoms with Crippen molar-refractivity contribution in [2.24, 2.45) is 0 Å². The zero-order valence-electron chi connectivity index (χ0n) is 29.4. The molecule has 0 amide bonds. The van der Waals surface area contributed by atoms with Crippen LogP contribution < -0.4 is 0 Å². The van der Waals surface area contributed by atoms with Crippen LogP contribution >= 0.6 is 0 Å². The van der Waals surface area contributed by atoms with Crippen molar-refractivity contribution in [3.63, 3.8) is 0 Å². The SMILES string of the molecule is CCCCCCCCCCCCCCCOCCOCCOCCOCCOCCOC(=O)CCCCCCCCCCC. The Bertz CT molecular complexity index is 532. The van der Waals surface area contributed by atoms with Gasteiger partial charge in [-0.05, 0) is 12.8 Å². The molecule has 0 saturated heterocycles. The van der Waals surface area contributed by atoms with Crippen LogP contribution in [0.2, 0.25) is 0 Å². The van der Waals surface area contributed by atoms with Gasteiger partial charge in [0.05, 0.1) is 59.5 Å². The number of hydrogen-bond donors (Lipinski definition) is 0. The van der Waals surface area contributed by atoms with Crippen LogP contribution in [0.3, 0.4) is 0 Å². The number of rotatable bonds is 39. The van der Waals surface area contributed by atoms with Crippen molar-refractivity contribution >= 4 is 5.97 Å². The fraction of sp³-hybridized carbons (Fsp3) is 0.973. The molecular formula is C37H74O7. The summed E-state index contributed by atoms with van der Waals surface area (Å²) < 4.78 is 32.9. The van der Waals surface area contributed by atoms with Gasteiger partial charge in [0.25, 0.3) is 0 Å². The molecule has 0 unspecified atom stereocenters. The number of carbonyl (C=O) groups is 1. The number of ether oxygens (including phenoxy) is 6. The zero-order chi connectivity index (χ0) is 31.9. The first kappa shape index (κ1) is 43.3. The summed E-state index contributed by atoms with van der Waals surface area (Å²) in [6.45, 7) is 10.5. The molecule has 0 rings (SSSR count). The molecule has 0 bridgehead atoms. The van der Waals surface area contributed by atoms with E-state index in [-0.39, 0.29) is 5.97 Å². The Morgan fingerprint density at radius 3 is 0.955 bits per heavy atom. The summed E-state index contributed by atoms with van der Waals surface area (Å²) in [6, 6.07) is 0. The molecule has 7 heteroatoms. The molecule has 264 valence electrons. The number of carbonyl (C=O) groups excluding carboxylic acids is 1. The average Bonchev–Trinajstić information content (AvgIpc) is 3.03. The highest BCUT2D eigenvalue weighted by molar-refractivity contribution is 5.69. The van der Waals surface area contributed by atoms with E-state index in [1.54, 1.807) is 0 Å². The Morgan fingerprint density at radius 2 is 0.591 bits per heavy atom. The van der Waals surface area contributed by atoms with Crippen LogP contribution in [0, 0.1) is 0 Å². The summed E-state index contributed by atoms with van der Waals surface area (Å²) >= 11 is 0. The molecule has 0 radical (unpaired) electrons. The lowest BCUT2D eigenvalue weighted by Crippen LogP contribution is -2.15. The van der Waals surface area contributed by atoms with Gasteiger partial charge in [0.15, 0.2) is 0 Å². The minimum absolute atomic E-state index is 0.119. The van der Waals surface area contributed by atoms with E-state index in [0.717, 1.165) is 25.9 Å². The molecule has 0 aliphatic carbocycles. The lowest BCUT2D eigenvalue weighted by Gasteiger charge is -2.08. The van der Waals surface area contributed by atoms with Crippen LogP contribution in [-0.2, 0) is 33.2 Å². The van der Waals surface area contributed by atoms with Gasteiger partial charge in [-0.3, -0.25) is 4.79 Å². The van der Waals surface area contributed by atoms with Crippen molar-refractivity contribution in [1.29, 1.82) is 0 Å². The number of unbranched alkanes of at least 4 members (excludes halogenated alkanes) is 20. The Morgan fingerprint density at radius 1 is 0.318 bits per heavy atom. The quantitative estimate of drug-likeness (QED) is 0.0495. The molecule has 0 aromatic heterocycles. The number of esters is 1. The van der Waals surface area contributed by atoms with Crippen LogP contribution in [0.5, 0.6) is 0 Å².